The molecule has 8 heteroatoms. The third-order valence-electron chi connectivity index (χ3n) is 4.59. The van der Waals surface area contributed by atoms with Crippen molar-refractivity contribution >= 4 is 23.1 Å². The number of anilines is 1. The Hall–Kier alpha value is -3.52. The molecule has 0 aliphatic heterocycles. The van der Waals surface area contributed by atoms with Crippen LogP contribution in [0.25, 0.3) is 16.5 Å². The summed E-state index contributed by atoms with van der Waals surface area (Å²) in [5.74, 6) is 0.408. The second kappa shape index (κ2) is 7.48. The molecule has 0 aliphatic rings. The van der Waals surface area contributed by atoms with Crippen molar-refractivity contribution in [3.63, 3.8) is 0 Å². The van der Waals surface area contributed by atoms with Crippen molar-refractivity contribution in [2.24, 2.45) is 0 Å². The van der Waals surface area contributed by atoms with Gasteiger partial charge in [0.2, 0.25) is 5.95 Å². The van der Waals surface area contributed by atoms with Gasteiger partial charge in [0.25, 0.3) is 11.5 Å². The molecule has 0 fully saturated rings. The maximum atomic E-state index is 12.8. The van der Waals surface area contributed by atoms with E-state index in [9.17, 15) is 9.59 Å². The van der Waals surface area contributed by atoms with E-state index in [1.165, 1.54) is 16.0 Å². The Morgan fingerprint density at radius 2 is 1.97 bits per heavy atom. The first-order chi connectivity index (χ1) is 13.9. The number of hydrogen-bond acceptors (Lipinski definition) is 5. The second-order valence-electron chi connectivity index (χ2n) is 6.73. The number of amides is 1. The Kier molecular flexibility index (Phi) is 4.85. The first kappa shape index (κ1) is 18.8. The zero-order chi connectivity index (χ0) is 20.5. The van der Waals surface area contributed by atoms with E-state index in [2.05, 4.69) is 20.4 Å². The highest BCUT2D eigenvalue weighted by atomic mass is 32.1. The van der Waals surface area contributed by atoms with Crippen LogP contribution in [0.2, 0.25) is 0 Å². The van der Waals surface area contributed by atoms with E-state index in [1.807, 2.05) is 42.6 Å². The summed E-state index contributed by atoms with van der Waals surface area (Å²) in [5, 5.41) is 9.43. The third-order valence-corrected chi connectivity index (χ3v) is 5.48. The smallest absolute Gasteiger partial charge is 0.256 e. The Bertz CT molecular complexity index is 1250. The molecule has 0 bridgehead atoms. The van der Waals surface area contributed by atoms with E-state index < -0.39 is 0 Å². The van der Waals surface area contributed by atoms with Gasteiger partial charge < -0.3 is 5.32 Å². The highest BCUT2D eigenvalue weighted by Crippen LogP contribution is 2.27. The van der Waals surface area contributed by atoms with Crippen molar-refractivity contribution in [2.75, 3.05) is 5.32 Å². The van der Waals surface area contributed by atoms with Crippen molar-refractivity contribution in [3.05, 3.63) is 80.6 Å². The third kappa shape index (κ3) is 3.74. The van der Waals surface area contributed by atoms with Crippen LogP contribution < -0.4 is 10.9 Å². The number of carbonyl (C=O) groups excluding carboxylic acids is 1. The molecule has 0 saturated carbocycles. The lowest BCUT2D eigenvalue weighted by Crippen LogP contribution is -2.20. The summed E-state index contributed by atoms with van der Waals surface area (Å²) in [5.41, 5.74) is 3.12. The van der Waals surface area contributed by atoms with Crippen LogP contribution in [0.3, 0.4) is 0 Å². The minimum Gasteiger partial charge on any atom is -0.306 e. The summed E-state index contributed by atoms with van der Waals surface area (Å²) in [4.78, 5) is 33.2. The molecule has 3 heterocycles. The SMILES string of the molecule is Cc1cccc(C(=O)Nc2cc(-c3cccs3)nn2-c2nc(C)c(C)c(=O)[nH]2)c1. The maximum Gasteiger partial charge on any atom is 0.256 e. The number of nitrogens with one attached hydrogen (secondary N) is 2. The molecule has 4 aromatic rings. The molecule has 0 atom stereocenters. The topological polar surface area (TPSA) is 92.7 Å². The van der Waals surface area contributed by atoms with Gasteiger partial charge in [0.1, 0.15) is 11.5 Å². The van der Waals surface area contributed by atoms with Gasteiger partial charge in [-0.3, -0.25) is 14.6 Å². The van der Waals surface area contributed by atoms with Crippen LogP contribution in [0.5, 0.6) is 0 Å². The molecular weight excluding hydrogens is 386 g/mol. The maximum absolute atomic E-state index is 12.8. The average molecular weight is 405 g/mol. The van der Waals surface area contributed by atoms with E-state index in [4.69, 9.17) is 0 Å². The number of rotatable bonds is 4. The van der Waals surface area contributed by atoms with Gasteiger partial charge in [0.05, 0.1) is 4.88 Å². The lowest BCUT2D eigenvalue weighted by atomic mass is 10.1. The van der Waals surface area contributed by atoms with Gasteiger partial charge in [-0.15, -0.1) is 11.3 Å². The molecule has 7 nitrogen and oxygen atoms in total. The van der Waals surface area contributed by atoms with Gasteiger partial charge in [-0.1, -0.05) is 23.8 Å². The molecule has 1 aromatic carbocycles. The molecule has 4 rings (SSSR count). The van der Waals surface area contributed by atoms with Gasteiger partial charge in [-0.05, 0) is 44.4 Å². The molecule has 146 valence electrons. The molecule has 0 aliphatic carbocycles. The van der Waals surface area contributed by atoms with Gasteiger partial charge in [-0.2, -0.15) is 9.78 Å². The van der Waals surface area contributed by atoms with E-state index in [0.29, 0.717) is 28.3 Å². The predicted octanol–water partition coefficient (Wildman–Crippen LogP) is 3.86. The van der Waals surface area contributed by atoms with Crippen LogP contribution in [-0.4, -0.2) is 25.7 Å². The van der Waals surface area contributed by atoms with Gasteiger partial charge in [-0.25, -0.2) is 4.98 Å². The number of thiophene rings is 1. The van der Waals surface area contributed by atoms with Crippen LogP contribution >= 0.6 is 11.3 Å². The van der Waals surface area contributed by atoms with Crippen molar-refractivity contribution in [1.29, 1.82) is 0 Å². The van der Waals surface area contributed by atoms with Crippen molar-refractivity contribution in [3.8, 4) is 16.5 Å². The Morgan fingerprint density at radius 1 is 1.14 bits per heavy atom. The van der Waals surface area contributed by atoms with Crippen LogP contribution in [0, 0.1) is 20.8 Å². The van der Waals surface area contributed by atoms with Crippen LogP contribution in [0.4, 0.5) is 5.82 Å². The number of nitrogens with zero attached hydrogens (tertiary/aromatic N) is 3. The zero-order valence-corrected chi connectivity index (χ0v) is 17.0. The average Bonchev–Trinajstić information content (AvgIpc) is 3.35. The Labute approximate surface area is 171 Å². The number of aromatic nitrogens is 4. The fourth-order valence-corrected chi connectivity index (χ4v) is 3.56. The molecule has 0 radical (unpaired) electrons. The molecule has 3 aromatic heterocycles. The summed E-state index contributed by atoms with van der Waals surface area (Å²) in [6, 6.07) is 13.0. The number of benzene rings is 1. The highest BCUT2D eigenvalue weighted by Gasteiger charge is 2.17. The fourth-order valence-electron chi connectivity index (χ4n) is 2.88. The van der Waals surface area contributed by atoms with E-state index in [0.717, 1.165) is 10.4 Å². The molecule has 1 amide bonds. The van der Waals surface area contributed by atoms with Crippen LogP contribution in [0.15, 0.2) is 52.6 Å². The lowest BCUT2D eigenvalue weighted by molar-refractivity contribution is 0.102. The number of aromatic amines is 1. The van der Waals surface area contributed by atoms with E-state index in [1.54, 1.807) is 26.0 Å². The minimum atomic E-state index is -0.265. The van der Waals surface area contributed by atoms with E-state index in [-0.39, 0.29) is 17.4 Å². The first-order valence-corrected chi connectivity index (χ1v) is 9.90. The van der Waals surface area contributed by atoms with Crippen LogP contribution in [-0.2, 0) is 0 Å². The number of carbonyl (C=O) groups is 1. The predicted molar refractivity (Wildman–Crippen MR) is 114 cm³/mol. The summed E-state index contributed by atoms with van der Waals surface area (Å²) >= 11 is 1.54. The van der Waals surface area contributed by atoms with E-state index >= 15 is 0 Å². The Balaban J connectivity index is 1.80. The molecule has 29 heavy (non-hydrogen) atoms. The zero-order valence-electron chi connectivity index (χ0n) is 16.2. The van der Waals surface area contributed by atoms with Crippen LogP contribution in [0.1, 0.15) is 27.2 Å². The summed E-state index contributed by atoms with van der Waals surface area (Å²) in [6.07, 6.45) is 0. The molecule has 0 saturated heterocycles. The van der Waals surface area contributed by atoms with Crippen molar-refractivity contribution < 1.29 is 4.79 Å². The largest absolute Gasteiger partial charge is 0.306 e. The summed E-state index contributed by atoms with van der Waals surface area (Å²) < 4.78 is 1.45. The number of hydrogen-bond donors (Lipinski definition) is 2. The second-order valence-corrected chi connectivity index (χ2v) is 7.68. The van der Waals surface area contributed by atoms with Gasteiger partial charge >= 0.3 is 0 Å². The summed E-state index contributed by atoms with van der Waals surface area (Å²) in [6.45, 7) is 5.41. The van der Waals surface area contributed by atoms with Gasteiger partial charge in [0, 0.05) is 22.9 Å². The lowest BCUT2D eigenvalue weighted by Gasteiger charge is -2.09. The number of aryl methyl sites for hydroxylation is 2. The standard InChI is InChI=1S/C21H19N5O2S/c1-12-6-4-7-15(10-12)20(28)23-18-11-16(17-8-5-9-29-17)25-26(18)21-22-14(3)13(2)19(27)24-21/h4-11H,1-3H3,(H,23,28)(H,22,24,27). The summed E-state index contributed by atoms with van der Waals surface area (Å²) in [7, 11) is 0. The minimum absolute atomic E-state index is 0.239. The number of H-pyrrole nitrogens is 1. The normalized spacial score (nSPS) is 10.9. The molecule has 2 N–H and O–H groups in total. The molecule has 0 spiro atoms. The quantitative estimate of drug-likeness (QED) is 0.539. The molecule has 0 unspecified atom stereocenters. The highest BCUT2D eigenvalue weighted by molar-refractivity contribution is 7.13. The van der Waals surface area contributed by atoms with Crippen molar-refractivity contribution in [1.82, 2.24) is 19.7 Å². The monoisotopic (exact) mass is 405 g/mol. The fraction of sp³-hybridized carbons (Fsp3) is 0.143. The molecular formula is C21H19N5O2S. The Morgan fingerprint density at radius 3 is 2.66 bits per heavy atom. The first-order valence-electron chi connectivity index (χ1n) is 9.02. The van der Waals surface area contributed by atoms with Gasteiger partial charge in [0.15, 0.2) is 0 Å². The van der Waals surface area contributed by atoms with Crippen molar-refractivity contribution in [2.45, 2.75) is 20.8 Å².